The lowest BCUT2D eigenvalue weighted by Gasteiger charge is -2.04. The number of para-hydroxylation sites is 1. The molecule has 1 heterocycles. The Morgan fingerprint density at radius 3 is 2.85 bits per heavy atom. The number of aromatic nitrogens is 1. The Morgan fingerprint density at radius 1 is 1.23 bits per heavy atom. The van der Waals surface area contributed by atoms with E-state index >= 15 is 0 Å². The molecule has 1 aliphatic carbocycles. The first-order valence-electron chi connectivity index (χ1n) is 4.71. The Balaban J connectivity index is 2.34. The van der Waals surface area contributed by atoms with E-state index in [1.165, 1.54) is 23.7 Å². The van der Waals surface area contributed by atoms with Gasteiger partial charge in [0.25, 0.3) is 0 Å². The molecule has 0 aliphatic heterocycles. The van der Waals surface area contributed by atoms with Gasteiger partial charge in [0.15, 0.2) is 0 Å². The smallest absolute Gasteiger partial charge is 0.0716 e. The van der Waals surface area contributed by atoms with Crippen LogP contribution >= 0.6 is 0 Å². The SMILES string of the molecule is Nc1cccc2ccn(C3CC3)c12. The molecule has 0 saturated heterocycles. The Bertz CT molecular complexity index is 452. The van der Waals surface area contributed by atoms with Gasteiger partial charge in [0, 0.05) is 17.6 Å². The first-order chi connectivity index (χ1) is 6.36. The quantitative estimate of drug-likeness (QED) is 0.658. The number of nitrogens with zero attached hydrogens (tertiary/aromatic N) is 1. The zero-order valence-corrected chi connectivity index (χ0v) is 7.40. The second-order valence-corrected chi connectivity index (χ2v) is 3.74. The van der Waals surface area contributed by atoms with E-state index < -0.39 is 0 Å². The van der Waals surface area contributed by atoms with Gasteiger partial charge < -0.3 is 10.3 Å². The fourth-order valence-electron chi connectivity index (χ4n) is 1.90. The van der Waals surface area contributed by atoms with E-state index in [0.29, 0.717) is 6.04 Å². The summed E-state index contributed by atoms with van der Waals surface area (Å²) in [5.74, 6) is 0. The highest BCUT2D eigenvalue weighted by molar-refractivity contribution is 5.90. The zero-order valence-electron chi connectivity index (χ0n) is 7.40. The van der Waals surface area contributed by atoms with Crippen molar-refractivity contribution in [2.24, 2.45) is 0 Å². The molecule has 0 amide bonds. The minimum atomic E-state index is 0.710. The van der Waals surface area contributed by atoms with Crippen LogP contribution in [0.25, 0.3) is 10.9 Å². The number of nitrogen functional groups attached to an aromatic ring is 1. The Morgan fingerprint density at radius 2 is 2.08 bits per heavy atom. The molecular formula is C11H12N2. The molecular weight excluding hydrogens is 160 g/mol. The van der Waals surface area contributed by atoms with Crippen LogP contribution in [0.4, 0.5) is 5.69 Å². The normalized spacial score (nSPS) is 16.6. The zero-order chi connectivity index (χ0) is 8.84. The van der Waals surface area contributed by atoms with E-state index in [9.17, 15) is 0 Å². The predicted octanol–water partition coefficient (Wildman–Crippen LogP) is 2.56. The van der Waals surface area contributed by atoms with Crippen LogP contribution in [-0.4, -0.2) is 4.57 Å². The van der Waals surface area contributed by atoms with Crippen LogP contribution in [0.1, 0.15) is 18.9 Å². The molecule has 2 N–H and O–H groups in total. The number of hydrogen-bond acceptors (Lipinski definition) is 1. The maximum Gasteiger partial charge on any atom is 0.0716 e. The average molecular weight is 172 g/mol. The van der Waals surface area contributed by atoms with Crippen molar-refractivity contribution in [1.82, 2.24) is 4.57 Å². The van der Waals surface area contributed by atoms with Crippen molar-refractivity contribution >= 4 is 16.6 Å². The highest BCUT2D eigenvalue weighted by Crippen LogP contribution is 2.38. The van der Waals surface area contributed by atoms with Gasteiger partial charge in [-0.15, -0.1) is 0 Å². The van der Waals surface area contributed by atoms with Gasteiger partial charge in [0.2, 0.25) is 0 Å². The van der Waals surface area contributed by atoms with E-state index in [4.69, 9.17) is 5.73 Å². The molecule has 0 spiro atoms. The van der Waals surface area contributed by atoms with Crippen molar-refractivity contribution in [2.45, 2.75) is 18.9 Å². The Kier molecular flexibility index (Phi) is 1.23. The summed E-state index contributed by atoms with van der Waals surface area (Å²) in [5.41, 5.74) is 8.06. The van der Waals surface area contributed by atoms with Gasteiger partial charge in [0.05, 0.1) is 11.2 Å². The van der Waals surface area contributed by atoms with Crippen LogP contribution in [-0.2, 0) is 0 Å². The molecule has 0 unspecified atom stereocenters. The summed E-state index contributed by atoms with van der Waals surface area (Å²) in [7, 11) is 0. The molecule has 1 saturated carbocycles. The molecule has 0 atom stereocenters. The maximum absolute atomic E-state index is 5.95. The van der Waals surface area contributed by atoms with Crippen molar-refractivity contribution in [3.05, 3.63) is 30.5 Å². The number of rotatable bonds is 1. The highest BCUT2D eigenvalue weighted by atomic mass is 15.0. The Labute approximate surface area is 77.0 Å². The lowest BCUT2D eigenvalue weighted by molar-refractivity contribution is 0.777. The molecule has 1 aliphatic rings. The molecule has 1 aromatic carbocycles. The molecule has 66 valence electrons. The monoisotopic (exact) mass is 172 g/mol. The summed E-state index contributed by atoms with van der Waals surface area (Å²) in [6, 6.07) is 8.95. The van der Waals surface area contributed by atoms with E-state index in [-0.39, 0.29) is 0 Å². The van der Waals surface area contributed by atoms with Gasteiger partial charge in [-0.3, -0.25) is 0 Å². The topological polar surface area (TPSA) is 30.9 Å². The summed E-state index contributed by atoms with van der Waals surface area (Å²) in [6.07, 6.45) is 4.76. The number of benzene rings is 1. The predicted molar refractivity (Wildman–Crippen MR) is 54.6 cm³/mol. The number of fused-ring (bicyclic) bond motifs is 1. The van der Waals surface area contributed by atoms with Crippen molar-refractivity contribution in [1.29, 1.82) is 0 Å². The summed E-state index contributed by atoms with van der Waals surface area (Å²) in [5, 5.41) is 1.26. The van der Waals surface area contributed by atoms with Crippen LogP contribution < -0.4 is 5.73 Å². The molecule has 0 bridgehead atoms. The minimum absolute atomic E-state index is 0.710. The Hall–Kier alpha value is -1.44. The molecule has 2 heteroatoms. The van der Waals surface area contributed by atoms with E-state index in [1.54, 1.807) is 0 Å². The lowest BCUT2D eigenvalue weighted by atomic mass is 10.2. The first kappa shape index (κ1) is 7.01. The van der Waals surface area contributed by atoms with Crippen LogP contribution in [0, 0.1) is 0 Å². The van der Waals surface area contributed by atoms with Crippen molar-refractivity contribution in [3.63, 3.8) is 0 Å². The van der Waals surface area contributed by atoms with Crippen LogP contribution in [0.2, 0.25) is 0 Å². The van der Waals surface area contributed by atoms with Crippen LogP contribution in [0.3, 0.4) is 0 Å². The first-order valence-corrected chi connectivity index (χ1v) is 4.71. The van der Waals surface area contributed by atoms with Gasteiger partial charge in [-0.1, -0.05) is 12.1 Å². The van der Waals surface area contributed by atoms with Gasteiger partial charge >= 0.3 is 0 Å². The molecule has 3 rings (SSSR count). The van der Waals surface area contributed by atoms with E-state index in [0.717, 1.165) is 5.69 Å². The molecule has 2 aromatic rings. The fourth-order valence-corrected chi connectivity index (χ4v) is 1.90. The van der Waals surface area contributed by atoms with Crippen molar-refractivity contribution in [2.75, 3.05) is 5.73 Å². The average Bonchev–Trinajstić information content (AvgIpc) is 2.87. The summed E-state index contributed by atoms with van der Waals surface area (Å²) in [4.78, 5) is 0. The van der Waals surface area contributed by atoms with Crippen LogP contribution in [0.5, 0.6) is 0 Å². The fraction of sp³-hybridized carbons (Fsp3) is 0.273. The summed E-state index contributed by atoms with van der Waals surface area (Å²) in [6.45, 7) is 0. The largest absolute Gasteiger partial charge is 0.397 e. The van der Waals surface area contributed by atoms with Gasteiger partial charge in [-0.25, -0.2) is 0 Å². The third kappa shape index (κ3) is 0.949. The van der Waals surface area contributed by atoms with Crippen LogP contribution in [0.15, 0.2) is 30.5 Å². The summed E-state index contributed by atoms with van der Waals surface area (Å²) < 4.78 is 2.31. The van der Waals surface area contributed by atoms with E-state index in [2.05, 4.69) is 22.9 Å². The second kappa shape index (κ2) is 2.28. The molecule has 0 radical (unpaired) electrons. The molecule has 2 nitrogen and oxygen atoms in total. The third-order valence-electron chi connectivity index (χ3n) is 2.71. The second-order valence-electron chi connectivity index (χ2n) is 3.74. The minimum Gasteiger partial charge on any atom is -0.397 e. The molecule has 13 heavy (non-hydrogen) atoms. The third-order valence-corrected chi connectivity index (χ3v) is 2.71. The van der Waals surface area contributed by atoms with Crippen molar-refractivity contribution < 1.29 is 0 Å². The lowest BCUT2D eigenvalue weighted by Crippen LogP contribution is -1.94. The molecule has 1 aromatic heterocycles. The van der Waals surface area contributed by atoms with E-state index in [1.807, 2.05) is 12.1 Å². The highest BCUT2D eigenvalue weighted by Gasteiger charge is 2.24. The van der Waals surface area contributed by atoms with Crippen molar-refractivity contribution in [3.8, 4) is 0 Å². The van der Waals surface area contributed by atoms with Gasteiger partial charge in [-0.2, -0.15) is 0 Å². The summed E-state index contributed by atoms with van der Waals surface area (Å²) >= 11 is 0. The van der Waals surface area contributed by atoms with Gasteiger partial charge in [0.1, 0.15) is 0 Å². The van der Waals surface area contributed by atoms with Gasteiger partial charge in [-0.05, 0) is 25.0 Å². The number of hydrogen-bond donors (Lipinski definition) is 1. The number of nitrogens with two attached hydrogens (primary N) is 1. The maximum atomic E-state index is 5.95. The molecule has 1 fully saturated rings. The standard InChI is InChI=1S/C11H12N2/c12-10-3-1-2-8-6-7-13(11(8)10)9-4-5-9/h1-3,6-7,9H,4-5,12H2. The number of anilines is 1.